The summed E-state index contributed by atoms with van der Waals surface area (Å²) in [7, 11) is 0. The fourth-order valence-corrected chi connectivity index (χ4v) is 2.65. The molecule has 2 heterocycles. The maximum atomic E-state index is 12.8. The zero-order chi connectivity index (χ0) is 16.1. The minimum absolute atomic E-state index is 0.213. The van der Waals surface area contributed by atoms with Crippen LogP contribution in [-0.2, 0) is 6.42 Å². The molecule has 5 nitrogen and oxygen atoms in total. The molecule has 2 aromatic rings. The molecule has 1 aliphatic heterocycles. The smallest absolute Gasteiger partial charge is 0.270 e. The SMILES string of the molecule is O=C(NCCc1ccc(F)cc1)c1cc(N2CCCC2)ncn1. The Balaban J connectivity index is 1.55. The number of hydrogen-bond acceptors (Lipinski definition) is 4. The highest BCUT2D eigenvalue weighted by Gasteiger charge is 2.16. The lowest BCUT2D eigenvalue weighted by Gasteiger charge is -2.16. The summed E-state index contributed by atoms with van der Waals surface area (Å²) in [6.07, 6.45) is 4.39. The summed E-state index contributed by atoms with van der Waals surface area (Å²) in [5.74, 6) is 0.337. The molecule has 3 rings (SSSR count). The Morgan fingerprint density at radius 3 is 2.65 bits per heavy atom. The average molecular weight is 314 g/mol. The minimum atomic E-state index is -0.256. The molecule has 0 atom stereocenters. The van der Waals surface area contributed by atoms with Gasteiger partial charge in [0, 0.05) is 25.7 Å². The molecular formula is C17H19FN4O. The van der Waals surface area contributed by atoms with E-state index in [1.807, 2.05) is 0 Å². The molecule has 0 bridgehead atoms. The van der Waals surface area contributed by atoms with E-state index in [4.69, 9.17) is 0 Å². The first-order valence-electron chi connectivity index (χ1n) is 7.82. The third kappa shape index (κ3) is 4.03. The van der Waals surface area contributed by atoms with Crippen LogP contribution in [0.4, 0.5) is 10.2 Å². The van der Waals surface area contributed by atoms with Gasteiger partial charge < -0.3 is 10.2 Å². The van der Waals surface area contributed by atoms with E-state index in [1.54, 1.807) is 18.2 Å². The Hall–Kier alpha value is -2.50. The first-order chi connectivity index (χ1) is 11.2. The highest BCUT2D eigenvalue weighted by Crippen LogP contribution is 2.17. The van der Waals surface area contributed by atoms with Crippen molar-refractivity contribution in [3.05, 3.63) is 53.7 Å². The first-order valence-corrected chi connectivity index (χ1v) is 7.82. The van der Waals surface area contributed by atoms with Gasteiger partial charge >= 0.3 is 0 Å². The Labute approximate surface area is 134 Å². The lowest BCUT2D eigenvalue weighted by Crippen LogP contribution is -2.27. The van der Waals surface area contributed by atoms with Crippen molar-refractivity contribution in [2.24, 2.45) is 0 Å². The number of nitrogens with one attached hydrogen (secondary N) is 1. The molecule has 120 valence electrons. The van der Waals surface area contributed by atoms with Gasteiger partial charge in [-0.2, -0.15) is 0 Å². The Morgan fingerprint density at radius 1 is 1.17 bits per heavy atom. The molecular weight excluding hydrogens is 295 g/mol. The van der Waals surface area contributed by atoms with Gasteiger partial charge in [0.15, 0.2) is 0 Å². The van der Waals surface area contributed by atoms with E-state index in [0.717, 1.165) is 37.3 Å². The van der Waals surface area contributed by atoms with Crippen LogP contribution in [0.1, 0.15) is 28.9 Å². The highest BCUT2D eigenvalue weighted by molar-refractivity contribution is 5.92. The molecule has 1 amide bonds. The van der Waals surface area contributed by atoms with E-state index in [1.165, 1.54) is 18.5 Å². The molecule has 0 spiro atoms. The van der Waals surface area contributed by atoms with Gasteiger partial charge in [-0.3, -0.25) is 4.79 Å². The van der Waals surface area contributed by atoms with Gasteiger partial charge in [-0.25, -0.2) is 14.4 Å². The van der Waals surface area contributed by atoms with Gasteiger partial charge in [-0.05, 0) is 37.0 Å². The second-order valence-electron chi connectivity index (χ2n) is 5.59. The summed E-state index contributed by atoms with van der Waals surface area (Å²) in [5.41, 5.74) is 1.35. The van der Waals surface area contributed by atoms with Gasteiger partial charge in [0.2, 0.25) is 0 Å². The summed E-state index contributed by atoms with van der Waals surface area (Å²) in [6, 6.07) is 8.02. The lowest BCUT2D eigenvalue weighted by molar-refractivity contribution is 0.0949. The maximum Gasteiger partial charge on any atom is 0.270 e. The van der Waals surface area contributed by atoms with E-state index >= 15 is 0 Å². The number of hydrogen-bond donors (Lipinski definition) is 1. The van der Waals surface area contributed by atoms with Crippen LogP contribution in [0.15, 0.2) is 36.7 Å². The fraction of sp³-hybridized carbons (Fsp3) is 0.353. The topological polar surface area (TPSA) is 58.1 Å². The number of amides is 1. The lowest BCUT2D eigenvalue weighted by atomic mass is 10.1. The van der Waals surface area contributed by atoms with E-state index in [9.17, 15) is 9.18 Å². The Kier molecular flexibility index (Phi) is 4.80. The zero-order valence-corrected chi connectivity index (χ0v) is 12.8. The van der Waals surface area contributed by atoms with Crippen LogP contribution >= 0.6 is 0 Å². The van der Waals surface area contributed by atoms with E-state index in [-0.39, 0.29) is 11.7 Å². The number of nitrogens with zero attached hydrogens (tertiary/aromatic N) is 3. The number of rotatable bonds is 5. The second-order valence-corrected chi connectivity index (χ2v) is 5.59. The first kappa shape index (κ1) is 15.4. The van der Waals surface area contributed by atoms with Gasteiger partial charge in [-0.15, -0.1) is 0 Å². The maximum absolute atomic E-state index is 12.8. The third-order valence-corrected chi connectivity index (χ3v) is 3.93. The summed E-state index contributed by atoms with van der Waals surface area (Å²) in [6.45, 7) is 2.43. The Bertz CT molecular complexity index is 669. The van der Waals surface area contributed by atoms with Crippen LogP contribution in [0.2, 0.25) is 0 Å². The number of benzene rings is 1. The van der Waals surface area contributed by atoms with Crippen molar-refractivity contribution < 1.29 is 9.18 Å². The summed E-state index contributed by atoms with van der Waals surface area (Å²) in [4.78, 5) is 22.6. The number of anilines is 1. The van der Waals surface area contributed by atoms with E-state index in [0.29, 0.717) is 18.7 Å². The summed E-state index contributed by atoms with van der Waals surface area (Å²) in [5, 5.41) is 2.84. The molecule has 1 aromatic heterocycles. The molecule has 1 N–H and O–H groups in total. The van der Waals surface area contributed by atoms with Gasteiger partial charge in [-0.1, -0.05) is 12.1 Å². The van der Waals surface area contributed by atoms with Crippen molar-refractivity contribution >= 4 is 11.7 Å². The zero-order valence-electron chi connectivity index (χ0n) is 12.8. The van der Waals surface area contributed by atoms with Crippen molar-refractivity contribution in [3.8, 4) is 0 Å². The molecule has 0 unspecified atom stereocenters. The average Bonchev–Trinajstić information content (AvgIpc) is 3.11. The van der Waals surface area contributed by atoms with Crippen LogP contribution < -0.4 is 10.2 Å². The second kappa shape index (κ2) is 7.17. The van der Waals surface area contributed by atoms with Crippen molar-refractivity contribution in [1.29, 1.82) is 0 Å². The fourth-order valence-electron chi connectivity index (χ4n) is 2.65. The minimum Gasteiger partial charge on any atom is -0.357 e. The van der Waals surface area contributed by atoms with Crippen molar-refractivity contribution in [1.82, 2.24) is 15.3 Å². The molecule has 23 heavy (non-hydrogen) atoms. The summed E-state index contributed by atoms with van der Waals surface area (Å²) < 4.78 is 12.8. The molecule has 1 aliphatic rings. The molecule has 1 saturated heterocycles. The normalized spacial score (nSPS) is 14.0. The monoisotopic (exact) mass is 314 g/mol. The molecule has 1 aromatic carbocycles. The van der Waals surface area contributed by atoms with Crippen LogP contribution in [0.5, 0.6) is 0 Å². The van der Waals surface area contributed by atoms with Crippen LogP contribution in [0, 0.1) is 5.82 Å². The highest BCUT2D eigenvalue weighted by atomic mass is 19.1. The molecule has 0 radical (unpaired) electrons. The van der Waals surface area contributed by atoms with E-state index in [2.05, 4.69) is 20.2 Å². The van der Waals surface area contributed by atoms with Crippen molar-refractivity contribution in [3.63, 3.8) is 0 Å². The molecule has 0 saturated carbocycles. The van der Waals surface area contributed by atoms with Gasteiger partial charge in [0.05, 0.1) is 0 Å². The standard InChI is InChI=1S/C17H19FN4O/c18-14-5-3-13(4-6-14)7-8-19-17(23)15-11-16(21-12-20-15)22-9-1-2-10-22/h3-6,11-12H,1-2,7-10H2,(H,19,23). The summed E-state index contributed by atoms with van der Waals surface area (Å²) >= 11 is 0. The van der Waals surface area contributed by atoms with Crippen molar-refractivity contribution in [2.45, 2.75) is 19.3 Å². The molecule has 1 fully saturated rings. The number of halogens is 1. The van der Waals surface area contributed by atoms with E-state index < -0.39 is 0 Å². The van der Waals surface area contributed by atoms with Crippen LogP contribution in [0.3, 0.4) is 0 Å². The quantitative estimate of drug-likeness (QED) is 0.919. The number of aromatic nitrogens is 2. The third-order valence-electron chi connectivity index (χ3n) is 3.93. The predicted molar refractivity (Wildman–Crippen MR) is 85.9 cm³/mol. The van der Waals surface area contributed by atoms with Crippen LogP contribution in [0.25, 0.3) is 0 Å². The van der Waals surface area contributed by atoms with Gasteiger partial charge in [0.1, 0.15) is 23.7 Å². The van der Waals surface area contributed by atoms with Gasteiger partial charge in [0.25, 0.3) is 5.91 Å². The predicted octanol–water partition coefficient (Wildman–Crippen LogP) is 2.19. The number of carbonyl (C=O) groups excluding carboxylic acids is 1. The number of carbonyl (C=O) groups is 1. The molecule has 6 heteroatoms. The Morgan fingerprint density at radius 2 is 1.91 bits per heavy atom. The molecule has 0 aliphatic carbocycles. The van der Waals surface area contributed by atoms with Crippen LogP contribution in [-0.4, -0.2) is 35.5 Å². The van der Waals surface area contributed by atoms with Crippen molar-refractivity contribution in [2.75, 3.05) is 24.5 Å². The largest absolute Gasteiger partial charge is 0.357 e.